The normalized spacial score (nSPS) is 13.8. The summed E-state index contributed by atoms with van der Waals surface area (Å²) >= 11 is 0. The molecule has 0 bridgehead atoms. The summed E-state index contributed by atoms with van der Waals surface area (Å²) in [5.74, 6) is 0.770. The van der Waals surface area contributed by atoms with Crippen LogP contribution in [0.3, 0.4) is 0 Å². The third kappa shape index (κ3) is 5.47. The van der Waals surface area contributed by atoms with Crippen molar-refractivity contribution in [3.8, 4) is 11.5 Å². The van der Waals surface area contributed by atoms with E-state index in [1.165, 1.54) is 19.2 Å². The molecule has 0 radical (unpaired) electrons. The van der Waals surface area contributed by atoms with Crippen molar-refractivity contribution in [1.29, 1.82) is 0 Å². The molecule has 2 aromatic rings. The highest BCUT2D eigenvalue weighted by Crippen LogP contribution is 2.27. The van der Waals surface area contributed by atoms with Crippen molar-refractivity contribution in [2.24, 2.45) is 0 Å². The molecule has 1 heterocycles. The van der Waals surface area contributed by atoms with E-state index in [2.05, 4.69) is 10.6 Å². The van der Waals surface area contributed by atoms with E-state index < -0.39 is 0 Å². The first-order chi connectivity index (χ1) is 14.0. The summed E-state index contributed by atoms with van der Waals surface area (Å²) in [5.41, 5.74) is 2.48. The number of anilines is 1. The van der Waals surface area contributed by atoms with E-state index in [1.807, 2.05) is 18.2 Å². The number of halogens is 1. The van der Waals surface area contributed by atoms with Crippen LogP contribution in [0.4, 0.5) is 10.1 Å². The molecule has 2 aromatic carbocycles. The smallest absolute Gasteiger partial charge is 0.224 e. The number of benzene rings is 2. The van der Waals surface area contributed by atoms with Gasteiger partial charge in [-0.05, 0) is 61.7 Å². The van der Waals surface area contributed by atoms with Crippen molar-refractivity contribution in [1.82, 2.24) is 5.32 Å². The Morgan fingerprint density at radius 1 is 1.24 bits per heavy atom. The molecule has 0 aliphatic carbocycles. The Kier molecular flexibility index (Phi) is 6.69. The maximum Gasteiger partial charge on any atom is 0.224 e. The van der Waals surface area contributed by atoms with E-state index in [-0.39, 0.29) is 23.7 Å². The average molecular weight is 400 g/mol. The molecule has 1 aliphatic heterocycles. The molecule has 2 amide bonds. The lowest BCUT2D eigenvalue weighted by Gasteiger charge is -2.18. The number of hydrogen-bond donors (Lipinski definition) is 2. The highest BCUT2D eigenvalue weighted by Gasteiger charge is 2.16. The molecule has 7 heteroatoms. The van der Waals surface area contributed by atoms with E-state index in [0.717, 1.165) is 17.0 Å². The van der Waals surface area contributed by atoms with Gasteiger partial charge in [0.05, 0.1) is 19.8 Å². The second kappa shape index (κ2) is 9.41. The van der Waals surface area contributed by atoms with E-state index >= 15 is 0 Å². The van der Waals surface area contributed by atoms with Crippen molar-refractivity contribution in [2.75, 3.05) is 19.0 Å². The van der Waals surface area contributed by atoms with Gasteiger partial charge in [-0.3, -0.25) is 9.59 Å². The number of methoxy groups -OCH3 is 1. The molecule has 0 spiro atoms. The Bertz CT molecular complexity index is 900. The number of amides is 2. The zero-order valence-corrected chi connectivity index (χ0v) is 16.6. The first-order valence-electron chi connectivity index (χ1n) is 9.64. The Hall–Kier alpha value is -3.09. The third-order valence-corrected chi connectivity index (χ3v) is 4.82. The predicted octanol–water partition coefficient (Wildman–Crippen LogP) is 3.76. The lowest BCUT2D eigenvalue weighted by atomic mass is 10.0. The van der Waals surface area contributed by atoms with Gasteiger partial charge in [0.15, 0.2) is 0 Å². The minimum Gasteiger partial charge on any atom is -0.496 e. The molecule has 154 valence electrons. The topological polar surface area (TPSA) is 76.7 Å². The summed E-state index contributed by atoms with van der Waals surface area (Å²) in [5, 5.41) is 5.69. The Balaban J connectivity index is 1.44. The van der Waals surface area contributed by atoms with E-state index in [0.29, 0.717) is 43.6 Å². The third-order valence-electron chi connectivity index (χ3n) is 4.82. The molecule has 6 nitrogen and oxygen atoms in total. The van der Waals surface area contributed by atoms with Crippen LogP contribution in [0, 0.1) is 5.82 Å². The quantitative estimate of drug-likeness (QED) is 0.662. The summed E-state index contributed by atoms with van der Waals surface area (Å²) in [6.45, 7) is 2.19. The molecule has 0 aromatic heterocycles. The first-order valence-corrected chi connectivity index (χ1v) is 9.64. The van der Waals surface area contributed by atoms with Gasteiger partial charge >= 0.3 is 0 Å². The largest absolute Gasteiger partial charge is 0.496 e. The molecule has 1 unspecified atom stereocenters. The zero-order valence-electron chi connectivity index (χ0n) is 16.6. The highest BCUT2D eigenvalue weighted by molar-refractivity contribution is 5.94. The Morgan fingerprint density at radius 3 is 2.86 bits per heavy atom. The van der Waals surface area contributed by atoms with E-state index in [4.69, 9.17) is 9.47 Å². The van der Waals surface area contributed by atoms with Gasteiger partial charge in [0.2, 0.25) is 11.8 Å². The summed E-state index contributed by atoms with van der Waals surface area (Å²) in [4.78, 5) is 23.6. The number of rotatable bonds is 8. The zero-order chi connectivity index (χ0) is 20.8. The fraction of sp³-hybridized carbons (Fsp3) is 0.364. The lowest BCUT2D eigenvalue weighted by molar-refractivity contribution is -0.122. The van der Waals surface area contributed by atoms with Gasteiger partial charge in [-0.2, -0.15) is 0 Å². The number of nitrogens with one attached hydrogen (secondary N) is 2. The summed E-state index contributed by atoms with van der Waals surface area (Å²) in [6, 6.07) is 9.43. The van der Waals surface area contributed by atoms with E-state index in [1.54, 1.807) is 13.0 Å². The van der Waals surface area contributed by atoms with Crippen LogP contribution in [0.15, 0.2) is 36.4 Å². The molecule has 0 saturated heterocycles. The molecule has 2 N–H and O–H groups in total. The minimum absolute atomic E-state index is 0.0299. The fourth-order valence-electron chi connectivity index (χ4n) is 3.31. The Morgan fingerprint density at radius 2 is 2.07 bits per heavy atom. The van der Waals surface area contributed by atoms with Crippen molar-refractivity contribution < 1.29 is 23.5 Å². The van der Waals surface area contributed by atoms with Gasteiger partial charge in [-0.15, -0.1) is 0 Å². The Labute approximate surface area is 169 Å². The van der Waals surface area contributed by atoms with E-state index in [9.17, 15) is 14.0 Å². The summed E-state index contributed by atoms with van der Waals surface area (Å²) < 4.78 is 24.5. The number of carbonyl (C=O) groups excluding carboxylic acids is 2. The SMILES string of the molecule is COc1ccc(F)cc1C(C)NC(=O)CCCOc1ccc2c(c1)CCC(=O)N2. The van der Waals surface area contributed by atoms with Gasteiger partial charge in [0, 0.05) is 24.1 Å². The minimum atomic E-state index is -0.375. The fourth-order valence-corrected chi connectivity index (χ4v) is 3.31. The molecule has 29 heavy (non-hydrogen) atoms. The second-order valence-electron chi connectivity index (χ2n) is 6.99. The van der Waals surface area contributed by atoms with Crippen LogP contribution < -0.4 is 20.1 Å². The number of aryl methyl sites for hydroxylation is 1. The maximum atomic E-state index is 13.5. The second-order valence-corrected chi connectivity index (χ2v) is 6.99. The van der Waals surface area contributed by atoms with Crippen LogP contribution in [-0.4, -0.2) is 25.5 Å². The van der Waals surface area contributed by atoms with Crippen molar-refractivity contribution >= 4 is 17.5 Å². The maximum absolute atomic E-state index is 13.5. The molecule has 1 aliphatic rings. The van der Waals surface area contributed by atoms with Gasteiger partial charge in [-0.1, -0.05) is 0 Å². The van der Waals surface area contributed by atoms with Crippen LogP contribution in [0.1, 0.15) is 43.4 Å². The lowest BCUT2D eigenvalue weighted by Crippen LogP contribution is -2.27. The monoisotopic (exact) mass is 400 g/mol. The van der Waals surface area contributed by atoms with Gasteiger partial charge in [0.1, 0.15) is 17.3 Å². The van der Waals surface area contributed by atoms with Crippen molar-refractivity contribution in [2.45, 2.75) is 38.6 Å². The van der Waals surface area contributed by atoms with Crippen LogP contribution in [-0.2, 0) is 16.0 Å². The van der Waals surface area contributed by atoms with Crippen LogP contribution in [0.25, 0.3) is 0 Å². The molecular formula is C22H25FN2O4. The molecular weight excluding hydrogens is 375 g/mol. The van der Waals surface area contributed by atoms with Crippen LogP contribution in [0.5, 0.6) is 11.5 Å². The average Bonchev–Trinajstić information content (AvgIpc) is 2.71. The predicted molar refractivity (Wildman–Crippen MR) is 108 cm³/mol. The number of carbonyl (C=O) groups is 2. The summed E-state index contributed by atoms with van der Waals surface area (Å²) in [7, 11) is 1.51. The van der Waals surface area contributed by atoms with Gasteiger partial charge in [0.25, 0.3) is 0 Å². The highest BCUT2D eigenvalue weighted by atomic mass is 19.1. The molecule has 0 saturated carbocycles. The molecule has 0 fully saturated rings. The van der Waals surface area contributed by atoms with Crippen molar-refractivity contribution in [3.63, 3.8) is 0 Å². The number of fused-ring (bicyclic) bond motifs is 1. The molecule has 3 rings (SSSR count). The van der Waals surface area contributed by atoms with Gasteiger partial charge in [-0.25, -0.2) is 4.39 Å². The van der Waals surface area contributed by atoms with Crippen LogP contribution >= 0.6 is 0 Å². The number of hydrogen-bond acceptors (Lipinski definition) is 4. The molecule has 1 atom stereocenters. The van der Waals surface area contributed by atoms with Gasteiger partial charge < -0.3 is 20.1 Å². The standard InChI is InChI=1S/C22H25FN2O4/c1-14(18-13-16(23)6-9-20(18)28-2)24-21(26)4-3-11-29-17-7-8-19-15(12-17)5-10-22(27)25-19/h6-9,12-14H,3-5,10-11H2,1-2H3,(H,24,26)(H,25,27). The van der Waals surface area contributed by atoms with Crippen molar-refractivity contribution in [3.05, 3.63) is 53.3 Å². The summed E-state index contributed by atoms with van der Waals surface area (Å²) in [6.07, 6.45) is 2.02. The first kappa shape index (κ1) is 20.6. The van der Waals surface area contributed by atoms with Crippen LogP contribution in [0.2, 0.25) is 0 Å². The number of ether oxygens (including phenoxy) is 2.